The van der Waals surface area contributed by atoms with Gasteiger partial charge in [-0.25, -0.2) is 0 Å². The third-order valence-electron chi connectivity index (χ3n) is 4.39. The summed E-state index contributed by atoms with van der Waals surface area (Å²) in [5, 5.41) is 12.7. The van der Waals surface area contributed by atoms with Crippen LogP contribution in [0.15, 0.2) is 30.4 Å². The molecule has 0 atom stereocenters. The highest BCUT2D eigenvalue weighted by molar-refractivity contribution is 5.79. The van der Waals surface area contributed by atoms with Gasteiger partial charge < -0.3 is 15.2 Å². The summed E-state index contributed by atoms with van der Waals surface area (Å²) in [6.45, 7) is 2.15. The number of hydrogen-bond acceptors (Lipinski definition) is 3. The molecule has 4 nitrogen and oxygen atoms in total. The fourth-order valence-electron chi connectivity index (χ4n) is 3.08. The zero-order valence-electron chi connectivity index (χ0n) is 14.0. The quantitative estimate of drug-likeness (QED) is 0.788. The van der Waals surface area contributed by atoms with Gasteiger partial charge in [-0.2, -0.15) is 0 Å². The first-order valence-electron chi connectivity index (χ1n) is 8.44. The van der Waals surface area contributed by atoms with Crippen molar-refractivity contribution in [2.24, 2.45) is 5.92 Å². The summed E-state index contributed by atoms with van der Waals surface area (Å²) in [6, 6.07) is 5.31. The van der Waals surface area contributed by atoms with E-state index in [-0.39, 0.29) is 17.7 Å². The molecule has 23 heavy (non-hydrogen) atoms. The predicted octanol–water partition coefficient (Wildman–Crippen LogP) is 3.58. The Hall–Kier alpha value is -1.97. The average molecular weight is 317 g/mol. The molecule has 2 rings (SSSR count). The number of amides is 1. The van der Waals surface area contributed by atoms with E-state index in [0.29, 0.717) is 18.1 Å². The summed E-state index contributed by atoms with van der Waals surface area (Å²) < 4.78 is 5.07. The molecule has 1 aliphatic rings. The minimum absolute atomic E-state index is 0.0327. The molecule has 1 aromatic carbocycles. The monoisotopic (exact) mass is 317 g/mol. The number of methoxy groups -OCH3 is 1. The smallest absolute Gasteiger partial charge is 0.224 e. The summed E-state index contributed by atoms with van der Waals surface area (Å²) in [5.74, 6) is 1.20. The first-order valence-corrected chi connectivity index (χ1v) is 8.44. The molecule has 1 saturated carbocycles. The maximum Gasteiger partial charge on any atom is 0.224 e. The van der Waals surface area contributed by atoms with Crippen molar-refractivity contribution < 1.29 is 14.6 Å². The van der Waals surface area contributed by atoms with E-state index in [1.165, 1.54) is 7.11 Å². The molecule has 0 heterocycles. The van der Waals surface area contributed by atoms with Gasteiger partial charge in [0.15, 0.2) is 11.5 Å². The Bertz CT molecular complexity index is 546. The number of phenolic OH excluding ortho intramolecular Hbond substituents is 1. The second kappa shape index (κ2) is 8.61. The summed E-state index contributed by atoms with van der Waals surface area (Å²) >= 11 is 0. The first kappa shape index (κ1) is 17.4. The molecular formula is C19H27NO3. The van der Waals surface area contributed by atoms with E-state index in [2.05, 4.69) is 24.4 Å². The molecule has 1 fully saturated rings. The molecule has 0 unspecified atom stereocenters. The van der Waals surface area contributed by atoms with E-state index in [1.807, 2.05) is 0 Å². The standard InChI is InChI=1S/C19H27NO3/c1-3-4-5-14-6-9-16(10-7-14)20-19(22)13-15-8-11-17(21)18(12-15)23-2/h4-5,8,11-12,14,16,21H,3,6-7,9-10,13H2,1-2H3,(H,20,22). The lowest BCUT2D eigenvalue weighted by Crippen LogP contribution is -2.38. The van der Waals surface area contributed by atoms with Crippen molar-refractivity contribution in [3.8, 4) is 11.5 Å². The van der Waals surface area contributed by atoms with Crippen molar-refractivity contribution in [3.63, 3.8) is 0 Å². The van der Waals surface area contributed by atoms with Crippen molar-refractivity contribution in [1.82, 2.24) is 5.32 Å². The van der Waals surface area contributed by atoms with Gasteiger partial charge in [0.2, 0.25) is 5.91 Å². The fourth-order valence-corrected chi connectivity index (χ4v) is 3.08. The zero-order valence-corrected chi connectivity index (χ0v) is 14.0. The molecule has 0 bridgehead atoms. The van der Waals surface area contributed by atoms with Crippen LogP contribution in [0.3, 0.4) is 0 Å². The lowest BCUT2D eigenvalue weighted by atomic mass is 9.85. The molecule has 2 N–H and O–H groups in total. The van der Waals surface area contributed by atoms with Crippen LogP contribution in [0, 0.1) is 5.92 Å². The predicted molar refractivity (Wildman–Crippen MR) is 91.7 cm³/mol. The molecule has 0 radical (unpaired) electrons. The fraction of sp³-hybridized carbons (Fsp3) is 0.526. The molecule has 0 aliphatic heterocycles. The van der Waals surface area contributed by atoms with Crippen LogP contribution in [0.1, 0.15) is 44.6 Å². The number of carbonyl (C=O) groups excluding carboxylic acids is 1. The average Bonchev–Trinajstić information content (AvgIpc) is 2.56. The van der Waals surface area contributed by atoms with Crippen molar-refractivity contribution in [2.75, 3.05) is 7.11 Å². The van der Waals surface area contributed by atoms with E-state index in [9.17, 15) is 9.90 Å². The van der Waals surface area contributed by atoms with E-state index in [1.54, 1.807) is 18.2 Å². The molecule has 1 aromatic rings. The molecule has 1 aliphatic carbocycles. The van der Waals surface area contributed by atoms with Gasteiger partial charge in [0.05, 0.1) is 13.5 Å². The minimum atomic E-state index is 0.0327. The van der Waals surface area contributed by atoms with Crippen molar-refractivity contribution in [3.05, 3.63) is 35.9 Å². The normalized spacial score (nSPS) is 21.3. The number of hydrogen-bond donors (Lipinski definition) is 2. The largest absolute Gasteiger partial charge is 0.504 e. The topological polar surface area (TPSA) is 58.6 Å². The van der Waals surface area contributed by atoms with Crippen LogP contribution in [-0.2, 0) is 11.2 Å². The summed E-state index contributed by atoms with van der Waals surface area (Å²) in [6.07, 6.45) is 10.3. The highest BCUT2D eigenvalue weighted by Crippen LogP contribution is 2.27. The van der Waals surface area contributed by atoms with Crippen LogP contribution >= 0.6 is 0 Å². The number of aromatic hydroxyl groups is 1. The van der Waals surface area contributed by atoms with Crippen molar-refractivity contribution >= 4 is 5.91 Å². The van der Waals surface area contributed by atoms with Gasteiger partial charge >= 0.3 is 0 Å². The van der Waals surface area contributed by atoms with Gasteiger partial charge in [0.25, 0.3) is 0 Å². The number of benzene rings is 1. The molecule has 4 heteroatoms. The number of phenols is 1. The molecule has 126 valence electrons. The van der Waals surface area contributed by atoms with Crippen LogP contribution in [0.4, 0.5) is 0 Å². The van der Waals surface area contributed by atoms with Crippen LogP contribution < -0.4 is 10.1 Å². The van der Waals surface area contributed by atoms with E-state index < -0.39 is 0 Å². The van der Waals surface area contributed by atoms with Crippen LogP contribution in [0.2, 0.25) is 0 Å². The van der Waals surface area contributed by atoms with Gasteiger partial charge in [0.1, 0.15) is 0 Å². The second-order valence-corrected chi connectivity index (χ2v) is 6.20. The molecular weight excluding hydrogens is 290 g/mol. The van der Waals surface area contributed by atoms with Gasteiger partial charge in [-0.1, -0.05) is 25.1 Å². The van der Waals surface area contributed by atoms with Crippen molar-refractivity contribution in [1.29, 1.82) is 0 Å². The van der Waals surface area contributed by atoms with E-state index in [4.69, 9.17) is 4.74 Å². The summed E-state index contributed by atoms with van der Waals surface area (Å²) in [5.41, 5.74) is 0.844. The second-order valence-electron chi connectivity index (χ2n) is 6.20. The van der Waals surface area contributed by atoms with Gasteiger partial charge in [-0.15, -0.1) is 0 Å². The highest BCUT2D eigenvalue weighted by atomic mass is 16.5. The van der Waals surface area contributed by atoms with Gasteiger partial charge in [-0.05, 0) is 55.7 Å². The minimum Gasteiger partial charge on any atom is -0.504 e. The third-order valence-corrected chi connectivity index (χ3v) is 4.39. The Kier molecular flexibility index (Phi) is 6.51. The lowest BCUT2D eigenvalue weighted by Gasteiger charge is -2.27. The summed E-state index contributed by atoms with van der Waals surface area (Å²) in [7, 11) is 1.50. The molecule has 1 amide bonds. The van der Waals surface area contributed by atoms with E-state index in [0.717, 1.165) is 37.7 Å². The van der Waals surface area contributed by atoms with Crippen LogP contribution in [0.5, 0.6) is 11.5 Å². The van der Waals surface area contributed by atoms with Crippen molar-refractivity contribution in [2.45, 2.75) is 51.5 Å². The maximum absolute atomic E-state index is 12.2. The number of nitrogens with one attached hydrogen (secondary N) is 1. The summed E-state index contributed by atoms with van der Waals surface area (Å²) in [4.78, 5) is 12.2. The van der Waals surface area contributed by atoms with Crippen LogP contribution in [0.25, 0.3) is 0 Å². The molecule has 0 spiro atoms. The molecule has 0 aromatic heterocycles. The van der Waals surface area contributed by atoms with Crippen LogP contribution in [-0.4, -0.2) is 24.2 Å². The number of ether oxygens (including phenoxy) is 1. The Labute approximate surface area is 138 Å². The van der Waals surface area contributed by atoms with E-state index >= 15 is 0 Å². The molecule has 0 saturated heterocycles. The first-order chi connectivity index (χ1) is 11.1. The Balaban J connectivity index is 1.80. The highest BCUT2D eigenvalue weighted by Gasteiger charge is 2.21. The van der Waals surface area contributed by atoms with Gasteiger partial charge in [0, 0.05) is 6.04 Å². The lowest BCUT2D eigenvalue weighted by molar-refractivity contribution is -0.121. The Morgan fingerprint density at radius 1 is 1.35 bits per heavy atom. The van der Waals surface area contributed by atoms with Gasteiger partial charge in [-0.3, -0.25) is 4.79 Å². The third kappa shape index (κ3) is 5.31. The SMILES string of the molecule is CCC=CC1CCC(NC(=O)Cc2ccc(O)c(OC)c2)CC1. The number of allylic oxidation sites excluding steroid dienone is 2. The number of carbonyl (C=O) groups is 1. The maximum atomic E-state index is 12.2. The Morgan fingerprint density at radius 2 is 2.09 bits per heavy atom. The Morgan fingerprint density at radius 3 is 2.74 bits per heavy atom. The zero-order chi connectivity index (χ0) is 16.7. The number of rotatable bonds is 6.